The lowest BCUT2D eigenvalue weighted by molar-refractivity contribution is -0.0686. The number of hydrogen-bond acceptors (Lipinski definition) is 6. The molecule has 8 heteroatoms. The molecule has 4 atom stereocenters. The van der Waals surface area contributed by atoms with Gasteiger partial charge >= 0.3 is 5.69 Å². The third-order valence-corrected chi connectivity index (χ3v) is 3.44. The zero-order chi connectivity index (χ0) is 16.8. The van der Waals surface area contributed by atoms with Gasteiger partial charge in [-0.3, -0.25) is 14.3 Å². The first-order valence-electron chi connectivity index (χ1n) is 7.23. The second-order valence-electron chi connectivity index (χ2n) is 5.01. The first-order valence-corrected chi connectivity index (χ1v) is 7.23. The van der Waals surface area contributed by atoms with Gasteiger partial charge < -0.3 is 19.7 Å². The van der Waals surface area contributed by atoms with Crippen LogP contribution in [0.5, 0.6) is 0 Å². The van der Waals surface area contributed by atoms with E-state index in [-0.39, 0.29) is 6.61 Å². The Morgan fingerprint density at radius 3 is 2.87 bits per heavy atom. The summed E-state index contributed by atoms with van der Waals surface area (Å²) in [6.45, 7) is 1.66. The molecule has 126 valence electrons. The molecule has 0 amide bonds. The summed E-state index contributed by atoms with van der Waals surface area (Å²) in [7, 11) is 0. The van der Waals surface area contributed by atoms with Crippen LogP contribution >= 0.6 is 0 Å². The summed E-state index contributed by atoms with van der Waals surface area (Å²) in [5.41, 5.74) is -1.21. The van der Waals surface area contributed by atoms with Crippen molar-refractivity contribution in [3.8, 4) is 0 Å². The lowest BCUT2D eigenvalue weighted by Gasteiger charge is -2.21. The predicted octanol–water partition coefficient (Wildman–Crippen LogP) is -0.695. The summed E-state index contributed by atoms with van der Waals surface area (Å²) in [6.07, 6.45) is 4.71. The lowest BCUT2D eigenvalue weighted by atomic mass is 10.1. The van der Waals surface area contributed by atoms with Crippen LogP contribution in [0.25, 0.3) is 0 Å². The van der Waals surface area contributed by atoms with Gasteiger partial charge in [0.15, 0.2) is 6.23 Å². The van der Waals surface area contributed by atoms with Crippen LogP contribution in [0.2, 0.25) is 0 Å². The fourth-order valence-corrected chi connectivity index (χ4v) is 2.31. The molecule has 0 aliphatic carbocycles. The monoisotopic (exact) mass is 324 g/mol. The number of nitrogens with zero attached hydrogens (tertiary/aromatic N) is 1. The van der Waals surface area contributed by atoms with Gasteiger partial charge in [-0.25, -0.2) is 4.79 Å². The molecule has 0 bridgehead atoms. The Bertz CT molecular complexity index is 677. The number of allylic oxidation sites excluding steroid dienone is 3. The fraction of sp³-hybridized carbons (Fsp3) is 0.467. The van der Waals surface area contributed by atoms with E-state index in [2.05, 4.69) is 4.98 Å². The number of H-pyrrole nitrogens is 1. The van der Waals surface area contributed by atoms with Crippen LogP contribution in [0, 0.1) is 0 Å². The van der Waals surface area contributed by atoms with Crippen molar-refractivity contribution in [1.82, 2.24) is 9.55 Å². The molecule has 0 spiro atoms. The van der Waals surface area contributed by atoms with Crippen molar-refractivity contribution in [1.29, 1.82) is 0 Å². The highest BCUT2D eigenvalue weighted by Gasteiger charge is 2.45. The van der Waals surface area contributed by atoms with E-state index >= 15 is 0 Å². The van der Waals surface area contributed by atoms with E-state index < -0.39 is 42.4 Å². The van der Waals surface area contributed by atoms with E-state index in [1.165, 1.54) is 12.3 Å². The molecule has 2 heterocycles. The number of rotatable bonds is 6. The number of ether oxygens (including phenoxy) is 2. The maximum Gasteiger partial charge on any atom is 0.330 e. The van der Waals surface area contributed by atoms with Crippen LogP contribution in [0.15, 0.2) is 46.2 Å². The van der Waals surface area contributed by atoms with Gasteiger partial charge in [0.1, 0.15) is 18.3 Å². The first kappa shape index (κ1) is 17.4. The average Bonchev–Trinajstić information content (AvgIpc) is 2.83. The van der Waals surface area contributed by atoms with Crippen LogP contribution in [-0.4, -0.2) is 51.3 Å². The highest BCUT2D eigenvalue weighted by Crippen LogP contribution is 2.30. The van der Waals surface area contributed by atoms with E-state index in [9.17, 15) is 19.8 Å². The van der Waals surface area contributed by atoms with E-state index in [1.54, 1.807) is 12.2 Å². The Kier molecular flexibility index (Phi) is 6.05. The molecule has 1 fully saturated rings. The quantitative estimate of drug-likeness (QED) is 0.597. The molecule has 0 radical (unpaired) electrons. The van der Waals surface area contributed by atoms with Crippen molar-refractivity contribution in [3.05, 3.63) is 57.4 Å². The van der Waals surface area contributed by atoms with Gasteiger partial charge in [0, 0.05) is 12.3 Å². The molecule has 2 rings (SSSR count). The summed E-state index contributed by atoms with van der Waals surface area (Å²) in [6, 6.07) is 1.17. The zero-order valence-electron chi connectivity index (χ0n) is 12.7. The Balaban J connectivity index is 2.20. The Labute approximate surface area is 132 Å². The van der Waals surface area contributed by atoms with Gasteiger partial charge in [-0.2, -0.15) is 0 Å². The molecular formula is C15H20N2O6. The molecule has 23 heavy (non-hydrogen) atoms. The van der Waals surface area contributed by atoms with E-state index in [1.807, 2.05) is 19.1 Å². The topological polar surface area (TPSA) is 114 Å². The van der Waals surface area contributed by atoms with Crippen LogP contribution in [0.3, 0.4) is 0 Å². The number of nitrogens with one attached hydrogen (secondary N) is 1. The molecule has 8 nitrogen and oxygen atoms in total. The summed E-state index contributed by atoms with van der Waals surface area (Å²) < 4.78 is 12.2. The molecule has 1 unspecified atom stereocenters. The number of aliphatic hydroxyl groups excluding tert-OH is 2. The Morgan fingerprint density at radius 1 is 1.43 bits per heavy atom. The molecule has 1 saturated heterocycles. The lowest BCUT2D eigenvalue weighted by Crippen LogP contribution is -2.39. The van der Waals surface area contributed by atoms with E-state index in [4.69, 9.17) is 9.47 Å². The van der Waals surface area contributed by atoms with Crippen LogP contribution in [-0.2, 0) is 9.47 Å². The highest BCUT2D eigenvalue weighted by atomic mass is 16.6. The SMILES string of the molecule is C/C=C/C=C/COC1[C@@H](O)[C@@H](CO)O[C@H]1n1ccc(=O)[nH]c1=O. The van der Waals surface area contributed by atoms with Crippen molar-refractivity contribution in [2.24, 2.45) is 0 Å². The third-order valence-electron chi connectivity index (χ3n) is 3.44. The molecule has 1 aromatic rings. The minimum atomic E-state index is -1.10. The van der Waals surface area contributed by atoms with Gasteiger partial charge in [-0.15, -0.1) is 0 Å². The summed E-state index contributed by atoms with van der Waals surface area (Å²) in [5.74, 6) is 0. The molecular weight excluding hydrogens is 304 g/mol. The molecule has 3 N–H and O–H groups in total. The zero-order valence-corrected chi connectivity index (χ0v) is 12.7. The average molecular weight is 324 g/mol. The molecule has 1 aliphatic heterocycles. The highest BCUT2D eigenvalue weighted by molar-refractivity contribution is 5.01. The summed E-state index contributed by atoms with van der Waals surface area (Å²) >= 11 is 0. The maximum atomic E-state index is 11.9. The van der Waals surface area contributed by atoms with Crippen LogP contribution in [0.4, 0.5) is 0 Å². The van der Waals surface area contributed by atoms with Gasteiger partial charge in [-0.1, -0.05) is 24.3 Å². The normalized spacial score (nSPS) is 28.1. The van der Waals surface area contributed by atoms with Crippen molar-refractivity contribution in [2.75, 3.05) is 13.2 Å². The van der Waals surface area contributed by atoms with Crippen molar-refractivity contribution >= 4 is 0 Å². The Morgan fingerprint density at radius 2 is 2.22 bits per heavy atom. The fourth-order valence-electron chi connectivity index (χ4n) is 2.31. The molecule has 1 aromatic heterocycles. The minimum Gasteiger partial charge on any atom is -0.394 e. The van der Waals surface area contributed by atoms with Crippen molar-refractivity contribution < 1.29 is 19.7 Å². The van der Waals surface area contributed by atoms with Crippen LogP contribution in [0.1, 0.15) is 13.2 Å². The number of aliphatic hydroxyl groups is 2. The first-order chi connectivity index (χ1) is 11.1. The number of hydrogen-bond donors (Lipinski definition) is 3. The Hall–Kier alpha value is -2.00. The van der Waals surface area contributed by atoms with Gasteiger partial charge in [-0.05, 0) is 6.92 Å². The smallest absolute Gasteiger partial charge is 0.330 e. The van der Waals surface area contributed by atoms with E-state index in [0.717, 1.165) is 4.57 Å². The summed E-state index contributed by atoms with van der Waals surface area (Å²) in [5, 5.41) is 19.5. The standard InChI is InChI=1S/C15H20N2O6/c1-2-3-4-5-8-22-13-12(20)10(9-18)23-14(13)17-7-6-11(19)16-15(17)21/h2-7,10,12-14,18,20H,8-9H2,1H3,(H,16,19,21)/b3-2+,5-4+/t10-,12+,13?,14-/m1/s1. The molecule has 0 saturated carbocycles. The van der Waals surface area contributed by atoms with Gasteiger partial charge in [0.2, 0.25) is 0 Å². The van der Waals surface area contributed by atoms with Crippen molar-refractivity contribution in [3.63, 3.8) is 0 Å². The van der Waals surface area contributed by atoms with E-state index in [0.29, 0.717) is 0 Å². The number of aromatic nitrogens is 2. The summed E-state index contributed by atoms with van der Waals surface area (Å²) in [4.78, 5) is 25.2. The molecule has 1 aliphatic rings. The van der Waals surface area contributed by atoms with Crippen LogP contribution < -0.4 is 11.2 Å². The second kappa shape index (κ2) is 8.02. The largest absolute Gasteiger partial charge is 0.394 e. The second-order valence-corrected chi connectivity index (χ2v) is 5.01. The molecule has 0 aromatic carbocycles. The van der Waals surface area contributed by atoms with Gasteiger partial charge in [0.05, 0.1) is 13.2 Å². The van der Waals surface area contributed by atoms with Gasteiger partial charge in [0.25, 0.3) is 5.56 Å². The maximum absolute atomic E-state index is 11.9. The predicted molar refractivity (Wildman–Crippen MR) is 82.0 cm³/mol. The van der Waals surface area contributed by atoms with Crippen molar-refractivity contribution in [2.45, 2.75) is 31.5 Å². The third kappa shape index (κ3) is 4.05. The minimum absolute atomic E-state index is 0.197. The number of aromatic amines is 1.